The molecule has 0 spiro atoms. The van der Waals surface area contributed by atoms with E-state index in [1.807, 2.05) is 12.2 Å². The van der Waals surface area contributed by atoms with Crippen molar-refractivity contribution in [2.75, 3.05) is 13.1 Å². The molecule has 0 aromatic carbocycles. The lowest BCUT2D eigenvalue weighted by molar-refractivity contribution is -0.141. The van der Waals surface area contributed by atoms with Crippen molar-refractivity contribution in [1.82, 2.24) is 5.32 Å². The average Bonchev–Trinajstić information content (AvgIpc) is 2.28. The van der Waals surface area contributed by atoms with Crippen LogP contribution in [0, 0.1) is 11.8 Å². The van der Waals surface area contributed by atoms with Crippen molar-refractivity contribution in [3.63, 3.8) is 0 Å². The van der Waals surface area contributed by atoms with Gasteiger partial charge in [0.25, 0.3) is 0 Å². The highest BCUT2D eigenvalue weighted by Crippen LogP contribution is 2.13. The fourth-order valence-corrected chi connectivity index (χ4v) is 1.68. The molecule has 0 heterocycles. The number of nitrogens with one attached hydrogen (secondary N) is 1. The maximum Gasteiger partial charge on any atom is 0.306 e. The maximum absolute atomic E-state index is 10.6. The summed E-state index contributed by atoms with van der Waals surface area (Å²) in [6.07, 6.45) is 7.68. The number of rotatable bonds is 11. The first-order valence-electron chi connectivity index (χ1n) is 6.27. The first-order chi connectivity index (χ1) is 8.11. The zero-order chi connectivity index (χ0) is 13.1. The SMILES string of the molecule is C=CCC(CC=C)CCNCCC(C)C(=O)O. The van der Waals surface area contributed by atoms with Crippen molar-refractivity contribution < 1.29 is 9.90 Å². The maximum atomic E-state index is 10.6. The van der Waals surface area contributed by atoms with Crippen LogP contribution in [-0.4, -0.2) is 24.2 Å². The first-order valence-corrected chi connectivity index (χ1v) is 6.27. The van der Waals surface area contributed by atoms with E-state index in [2.05, 4.69) is 18.5 Å². The van der Waals surface area contributed by atoms with Gasteiger partial charge in [-0.3, -0.25) is 4.79 Å². The third-order valence-electron chi connectivity index (χ3n) is 2.91. The Morgan fingerprint density at radius 2 is 1.76 bits per heavy atom. The van der Waals surface area contributed by atoms with Gasteiger partial charge in [-0.15, -0.1) is 13.2 Å². The second-order valence-corrected chi connectivity index (χ2v) is 4.48. The van der Waals surface area contributed by atoms with Gasteiger partial charge in [-0.1, -0.05) is 19.1 Å². The van der Waals surface area contributed by atoms with Crippen molar-refractivity contribution in [2.24, 2.45) is 11.8 Å². The van der Waals surface area contributed by atoms with E-state index >= 15 is 0 Å². The summed E-state index contributed by atoms with van der Waals surface area (Å²) in [5, 5.41) is 12.0. The summed E-state index contributed by atoms with van der Waals surface area (Å²) in [6, 6.07) is 0. The smallest absolute Gasteiger partial charge is 0.306 e. The third kappa shape index (κ3) is 8.69. The van der Waals surface area contributed by atoms with E-state index in [1.165, 1.54) is 0 Å². The first kappa shape index (κ1) is 15.9. The Balaban J connectivity index is 3.57. The summed E-state index contributed by atoms with van der Waals surface area (Å²) in [6.45, 7) is 10.9. The van der Waals surface area contributed by atoms with Gasteiger partial charge in [0.05, 0.1) is 5.92 Å². The highest BCUT2D eigenvalue weighted by molar-refractivity contribution is 5.69. The number of aliphatic carboxylic acids is 1. The molecule has 17 heavy (non-hydrogen) atoms. The Bertz CT molecular complexity index is 228. The van der Waals surface area contributed by atoms with Gasteiger partial charge in [0.2, 0.25) is 0 Å². The van der Waals surface area contributed by atoms with Crippen molar-refractivity contribution in [1.29, 1.82) is 0 Å². The van der Waals surface area contributed by atoms with Crippen LogP contribution in [-0.2, 0) is 4.79 Å². The van der Waals surface area contributed by atoms with E-state index < -0.39 is 5.97 Å². The summed E-state index contributed by atoms with van der Waals surface area (Å²) in [4.78, 5) is 10.6. The van der Waals surface area contributed by atoms with Crippen LogP contribution in [0.5, 0.6) is 0 Å². The van der Waals surface area contributed by atoms with Crippen LogP contribution in [0.1, 0.15) is 32.6 Å². The second kappa shape index (κ2) is 10.1. The molecule has 98 valence electrons. The summed E-state index contributed by atoms with van der Waals surface area (Å²) in [5.74, 6) is -0.378. The van der Waals surface area contributed by atoms with Gasteiger partial charge in [0.1, 0.15) is 0 Å². The molecule has 0 saturated carbocycles. The minimum atomic E-state index is -0.719. The van der Waals surface area contributed by atoms with Crippen LogP contribution in [0.3, 0.4) is 0 Å². The lowest BCUT2D eigenvalue weighted by atomic mass is 9.97. The predicted octanol–water partition coefficient (Wildman–Crippen LogP) is 2.85. The summed E-state index contributed by atoms with van der Waals surface area (Å²) < 4.78 is 0. The molecule has 0 saturated heterocycles. The van der Waals surface area contributed by atoms with Gasteiger partial charge < -0.3 is 10.4 Å². The van der Waals surface area contributed by atoms with Crippen LogP contribution in [0.25, 0.3) is 0 Å². The number of hydrogen-bond acceptors (Lipinski definition) is 2. The molecule has 0 rings (SSSR count). The van der Waals surface area contributed by atoms with E-state index in [0.717, 1.165) is 32.4 Å². The number of allylic oxidation sites excluding steroid dienone is 2. The van der Waals surface area contributed by atoms with Gasteiger partial charge >= 0.3 is 5.97 Å². The lowest BCUT2D eigenvalue weighted by Gasteiger charge is -2.13. The van der Waals surface area contributed by atoms with Crippen LogP contribution >= 0.6 is 0 Å². The van der Waals surface area contributed by atoms with Crippen molar-refractivity contribution >= 4 is 5.97 Å². The largest absolute Gasteiger partial charge is 0.481 e. The van der Waals surface area contributed by atoms with Crippen LogP contribution in [0.4, 0.5) is 0 Å². The minimum absolute atomic E-state index is 0.264. The Morgan fingerprint density at radius 1 is 1.24 bits per heavy atom. The minimum Gasteiger partial charge on any atom is -0.481 e. The quantitative estimate of drug-likeness (QED) is 0.430. The van der Waals surface area contributed by atoms with E-state index in [4.69, 9.17) is 5.11 Å². The number of carboxylic acid groups (broad SMARTS) is 1. The van der Waals surface area contributed by atoms with Gasteiger partial charge in [-0.25, -0.2) is 0 Å². The molecular weight excluding hydrogens is 214 g/mol. The molecule has 2 N–H and O–H groups in total. The van der Waals surface area contributed by atoms with Gasteiger partial charge in [-0.2, -0.15) is 0 Å². The van der Waals surface area contributed by atoms with Crippen LogP contribution < -0.4 is 5.32 Å². The van der Waals surface area contributed by atoms with Crippen molar-refractivity contribution in [3.05, 3.63) is 25.3 Å². The zero-order valence-corrected chi connectivity index (χ0v) is 10.8. The van der Waals surface area contributed by atoms with Gasteiger partial charge in [-0.05, 0) is 44.7 Å². The molecule has 0 fully saturated rings. The second-order valence-electron chi connectivity index (χ2n) is 4.48. The van der Waals surface area contributed by atoms with Gasteiger partial charge in [0, 0.05) is 0 Å². The molecule has 0 aliphatic heterocycles. The van der Waals surface area contributed by atoms with E-state index in [9.17, 15) is 4.79 Å². The molecule has 0 aromatic rings. The topological polar surface area (TPSA) is 49.3 Å². The molecule has 0 amide bonds. The van der Waals surface area contributed by atoms with Crippen LogP contribution in [0.2, 0.25) is 0 Å². The number of hydrogen-bond donors (Lipinski definition) is 2. The highest BCUT2D eigenvalue weighted by atomic mass is 16.4. The molecule has 0 bridgehead atoms. The fraction of sp³-hybridized carbons (Fsp3) is 0.643. The summed E-state index contributed by atoms with van der Waals surface area (Å²) in [7, 11) is 0. The molecule has 1 atom stereocenters. The Morgan fingerprint density at radius 3 is 2.24 bits per heavy atom. The molecule has 3 heteroatoms. The predicted molar refractivity (Wildman–Crippen MR) is 72.0 cm³/mol. The molecule has 0 aromatic heterocycles. The number of carbonyl (C=O) groups is 1. The molecular formula is C14H25NO2. The molecule has 1 unspecified atom stereocenters. The Hall–Kier alpha value is -1.09. The number of carboxylic acids is 1. The Kier molecular flexibility index (Phi) is 9.44. The molecule has 0 aliphatic rings. The molecule has 0 aliphatic carbocycles. The van der Waals surface area contributed by atoms with E-state index in [1.54, 1.807) is 6.92 Å². The third-order valence-corrected chi connectivity index (χ3v) is 2.91. The van der Waals surface area contributed by atoms with Crippen molar-refractivity contribution in [2.45, 2.75) is 32.6 Å². The monoisotopic (exact) mass is 239 g/mol. The zero-order valence-electron chi connectivity index (χ0n) is 10.8. The van der Waals surface area contributed by atoms with Crippen LogP contribution in [0.15, 0.2) is 25.3 Å². The lowest BCUT2D eigenvalue weighted by Crippen LogP contribution is -2.23. The standard InChI is InChI=1S/C14H25NO2/c1-4-6-13(7-5-2)9-11-15-10-8-12(3)14(16)17/h4-5,12-13,15H,1-2,6-11H2,3H3,(H,16,17). The Labute approximate surface area is 105 Å². The average molecular weight is 239 g/mol. The highest BCUT2D eigenvalue weighted by Gasteiger charge is 2.09. The van der Waals surface area contributed by atoms with E-state index in [0.29, 0.717) is 12.3 Å². The van der Waals surface area contributed by atoms with Gasteiger partial charge in [0.15, 0.2) is 0 Å². The van der Waals surface area contributed by atoms with Crippen molar-refractivity contribution in [3.8, 4) is 0 Å². The fourth-order valence-electron chi connectivity index (χ4n) is 1.68. The summed E-state index contributed by atoms with van der Waals surface area (Å²) in [5.41, 5.74) is 0. The molecule has 3 nitrogen and oxygen atoms in total. The summed E-state index contributed by atoms with van der Waals surface area (Å²) >= 11 is 0. The molecule has 0 radical (unpaired) electrons. The van der Waals surface area contributed by atoms with E-state index in [-0.39, 0.29) is 5.92 Å². The normalized spacial score (nSPS) is 12.4.